The van der Waals surface area contributed by atoms with E-state index >= 15 is 0 Å². The van der Waals surface area contributed by atoms with Crippen LogP contribution in [0.3, 0.4) is 0 Å². The molecule has 1 fully saturated rings. The first kappa shape index (κ1) is 23.3. The summed E-state index contributed by atoms with van der Waals surface area (Å²) in [5.74, 6) is 2.30. The Morgan fingerprint density at radius 1 is 1.29 bits per heavy atom. The Morgan fingerprint density at radius 3 is 2.94 bits per heavy atom. The molecule has 4 aromatic rings. The van der Waals surface area contributed by atoms with Gasteiger partial charge in [0.15, 0.2) is 5.82 Å². The Labute approximate surface area is 202 Å². The Balaban J connectivity index is 1.48. The number of fused-ring (bicyclic) bond motifs is 1. The molecule has 1 N–H and O–H groups in total. The highest BCUT2D eigenvalue weighted by Gasteiger charge is 2.28. The molecule has 2 unspecified atom stereocenters. The molecule has 10 nitrogen and oxygen atoms in total. The van der Waals surface area contributed by atoms with Crippen LogP contribution in [0.4, 0.5) is 0 Å². The van der Waals surface area contributed by atoms with Gasteiger partial charge in [-0.3, -0.25) is 9.69 Å². The molecule has 5 rings (SSSR count). The van der Waals surface area contributed by atoms with Crippen LogP contribution in [0.5, 0.6) is 5.75 Å². The SMILES string of the molecule is CCC(c1nnnn1CC1CCCO1)N(Cc1ccco1)Cc1cc2cc(OC)ccc2[nH]c1=O. The van der Waals surface area contributed by atoms with Gasteiger partial charge in [0.25, 0.3) is 5.56 Å². The summed E-state index contributed by atoms with van der Waals surface area (Å²) in [7, 11) is 1.63. The van der Waals surface area contributed by atoms with Crippen molar-refractivity contribution >= 4 is 10.9 Å². The minimum absolute atomic E-state index is 0.117. The predicted octanol–water partition coefficient (Wildman–Crippen LogP) is 3.45. The minimum Gasteiger partial charge on any atom is -0.497 e. The van der Waals surface area contributed by atoms with E-state index in [9.17, 15) is 4.79 Å². The number of furan rings is 1. The van der Waals surface area contributed by atoms with E-state index in [2.05, 4.69) is 32.3 Å². The van der Waals surface area contributed by atoms with Gasteiger partial charge in [-0.1, -0.05) is 6.92 Å². The summed E-state index contributed by atoms with van der Waals surface area (Å²) in [4.78, 5) is 18.2. The quantitative estimate of drug-likeness (QED) is 0.369. The van der Waals surface area contributed by atoms with Crippen LogP contribution in [0.25, 0.3) is 10.9 Å². The highest BCUT2D eigenvalue weighted by molar-refractivity contribution is 5.80. The van der Waals surface area contributed by atoms with Crippen molar-refractivity contribution in [3.05, 3.63) is 70.2 Å². The van der Waals surface area contributed by atoms with E-state index in [4.69, 9.17) is 13.9 Å². The summed E-state index contributed by atoms with van der Waals surface area (Å²) in [6.07, 6.45) is 4.59. The van der Waals surface area contributed by atoms with E-state index in [1.807, 2.05) is 41.1 Å². The number of rotatable bonds is 10. The number of tetrazole rings is 1. The van der Waals surface area contributed by atoms with E-state index in [1.54, 1.807) is 13.4 Å². The molecule has 0 radical (unpaired) electrons. The number of H-pyrrole nitrogens is 1. The molecule has 0 spiro atoms. The number of benzene rings is 1. The molecule has 10 heteroatoms. The summed E-state index contributed by atoms with van der Waals surface area (Å²) in [6, 6.07) is 11.2. The molecule has 3 aromatic heterocycles. The lowest BCUT2D eigenvalue weighted by atomic mass is 10.1. The molecule has 0 saturated carbocycles. The molecule has 1 aliphatic rings. The molecule has 2 atom stereocenters. The molecule has 1 aromatic carbocycles. The highest BCUT2D eigenvalue weighted by atomic mass is 16.5. The fourth-order valence-electron chi connectivity index (χ4n) is 4.74. The second kappa shape index (κ2) is 10.4. The van der Waals surface area contributed by atoms with Crippen LogP contribution >= 0.6 is 0 Å². The first-order valence-corrected chi connectivity index (χ1v) is 12.0. The van der Waals surface area contributed by atoms with Crippen molar-refractivity contribution in [2.75, 3.05) is 13.7 Å². The van der Waals surface area contributed by atoms with Gasteiger partial charge in [0.1, 0.15) is 11.5 Å². The predicted molar refractivity (Wildman–Crippen MR) is 129 cm³/mol. The van der Waals surface area contributed by atoms with Crippen LogP contribution in [0, 0.1) is 0 Å². The van der Waals surface area contributed by atoms with Crippen molar-refractivity contribution in [3.8, 4) is 5.75 Å². The first-order chi connectivity index (χ1) is 17.1. The van der Waals surface area contributed by atoms with Gasteiger partial charge in [0.2, 0.25) is 0 Å². The molecule has 184 valence electrons. The number of pyridine rings is 1. The lowest BCUT2D eigenvalue weighted by Gasteiger charge is -2.29. The van der Waals surface area contributed by atoms with Crippen LogP contribution < -0.4 is 10.3 Å². The van der Waals surface area contributed by atoms with Crippen LogP contribution in [0.15, 0.2) is 51.9 Å². The maximum Gasteiger partial charge on any atom is 0.252 e. The Bertz CT molecular complexity index is 1310. The van der Waals surface area contributed by atoms with Crippen LogP contribution in [0.1, 0.15) is 49.4 Å². The Kier molecular flexibility index (Phi) is 6.91. The number of aromatic nitrogens is 5. The zero-order valence-corrected chi connectivity index (χ0v) is 20.0. The zero-order valence-electron chi connectivity index (χ0n) is 20.0. The second-order valence-electron chi connectivity index (χ2n) is 8.84. The van der Waals surface area contributed by atoms with E-state index in [-0.39, 0.29) is 17.7 Å². The van der Waals surface area contributed by atoms with E-state index in [1.165, 1.54) is 0 Å². The maximum atomic E-state index is 13.0. The third kappa shape index (κ3) is 5.13. The molecule has 0 amide bonds. The number of nitrogens with zero attached hydrogens (tertiary/aromatic N) is 5. The van der Waals surface area contributed by atoms with Gasteiger partial charge >= 0.3 is 0 Å². The number of hydrogen-bond acceptors (Lipinski definition) is 8. The standard InChI is InChI=1S/C25H30N6O4/c1-3-23(24-27-28-29-31(24)16-21-7-5-11-35-21)30(15-20-6-4-10-34-20)14-18-12-17-13-19(33-2)8-9-22(17)26-25(18)32/h4,6,8-10,12-13,21,23H,3,5,7,11,14-16H2,1-2H3,(H,26,32). The third-order valence-electron chi connectivity index (χ3n) is 6.53. The van der Waals surface area contributed by atoms with Gasteiger partial charge < -0.3 is 18.9 Å². The third-order valence-corrected chi connectivity index (χ3v) is 6.53. The summed E-state index contributed by atoms with van der Waals surface area (Å²) >= 11 is 0. The first-order valence-electron chi connectivity index (χ1n) is 12.0. The van der Waals surface area contributed by atoms with Crippen molar-refractivity contribution in [3.63, 3.8) is 0 Å². The monoisotopic (exact) mass is 478 g/mol. The number of methoxy groups -OCH3 is 1. The van der Waals surface area contributed by atoms with Gasteiger partial charge in [0.05, 0.1) is 38.6 Å². The fraction of sp³-hybridized carbons (Fsp3) is 0.440. The molecule has 4 heterocycles. The molecule has 1 aliphatic heterocycles. The number of nitrogens with one attached hydrogen (secondary N) is 1. The minimum atomic E-state index is -0.128. The second-order valence-corrected chi connectivity index (χ2v) is 8.84. The van der Waals surface area contributed by atoms with Gasteiger partial charge in [-0.25, -0.2) is 4.68 Å². The smallest absolute Gasteiger partial charge is 0.252 e. The van der Waals surface area contributed by atoms with Crippen molar-refractivity contribution in [1.29, 1.82) is 0 Å². The van der Waals surface area contributed by atoms with Crippen LogP contribution in [-0.4, -0.2) is 49.9 Å². The number of ether oxygens (including phenoxy) is 2. The lowest BCUT2D eigenvalue weighted by molar-refractivity contribution is 0.0882. The molecule has 35 heavy (non-hydrogen) atoms. The van der Waals surface area contributed by atoms with E-state index in [0.29, 0.717) is 25.2 Å². The molecule has 1 saturated heterocycles. The van der Waals surface area contributed by atoms with E-state index < -0.39 is 0 Å². The van der Waals surface area contributed by atoms with Crippen molar-refractivity contribution in [1.82, 2.24) is 30.1 Å². The molecule has 0 bridgehead atoms. The average molecular weight is 479 g/mol. The van der Waals surface area contributed by atoms with Crippen LogP contribution in [-0.2, 0) is 24.4 Å². The Morgan fingerprint density at radius 2 is 2.20 bits per heavy atom. The largest absolute Gasteiger partial charge is 0.497 e. The lowest BCUT2D eigenvalue weighted by Crippen LogP contribution is -2.33. The van der Waals surface area contributed by atoms with Crippen molar-refractivity contribution in [2.24, 2.45) is 0 Å². The van der Waals surface area contributed by atoms with Gasteiger partial charge in [0, 0.05) is 29.6 Å². The summed E-state index contributed by atoms with van der Waals surface area (Å²) in [5, 5.41) is 13.5. The van der Waals surface area contributed by atoms with Gasteiger partial charge in [-0.15, -0.1) is 5.10 Å². The highest BCUT2D eigenvalue weighted by Crippen LogP contribution is 2.28. The van der Waals surface area contributed by atoms with Crippen molar-refractivity contribution in [2.45, 2.75) is 58.0 Å². The molecular weight excluding hydrogens is 448 g/mol. The fourth-order valence-corrected chi connectivity index (χ4v) is 4.74. The summed E-state index contributed by atoms with van der Waals surface area (Å²) in [5.41, 5.74) is 1.29. The van der Waals surface area contributed by atoms with Gasteiger partial charge in [-0.2, -0.15) is 0 Å². The summed E-state index contributed by atoms with van der Waals surface area (Å²) < 4.78 is 18.7. The normalized spacial score (nSPS) is 16.8. The topological polar surface area (TPSA) is 111 Å². The zero-order chi connectivity index (χ0) is 24.2. The summed E-state index contributed by atoms with van der Waals surface area (Å²) in [6.45, 7) is 4.39. The number of hydrogen-bond donors (Lipinski definition) is 1. The molecular formula is C25H30N6O4. The maximum absolute atomic E-state index is 13.0. The number of aromatic amines is 1. The van der Waals surface area contributed by atoms with Crippen molar-refractivity contribution < 1.29 is 13.9 Å². The molecule has 0 aliphatic carbocycles. The van der Waals surface area contributed by atoms with Crippen LogP contribution in [0.2, 0.25) is 0 Å². The van der Waals surface area contributed by atoms with Gasteiger partial charge in [-0.05, 0) is 66.1 Å². The average Bonchev–Trinajstić information content (AvgIpc) is 3.65. The Hall–Kier alpha value is -3.50. The van der Waals surface area contributed by atoms with E-state index in [0.717, 1.165) is 54.1 Å².